The molecule has 1 aliphatic carbocycles. The fourth-order valence-electron chi connectivity index (χ4n) is 4.93. The van der Waals surface area contributed by atoms with Gasteiger partial charge in [0.2, 0.25) is 0 Å². The van der Waals surface area contributed by atoms with Crippen LogP contribution in [0.4, 0.5) is 9.18 Å². The summed E-state index contributed by atoms with van der Waals surface area (Å²) in [6.45, 7) is 5.30. The first kappa shape index (κ1) is 20.3. The van der Waals surface area contributed by atoms with Gasteiger partial charge in [-0.15, -0.1) is 0 Å². The minimum absolute atomic E-state index is 0.0424. The van der Waals surface area contributed by atoms with Gasteiger partial charge >= 0.3 is 6.03 Å². The van der Waals surface area contributed by atoms with Crippen LogP contribution in [0, 0.1) is 25.6 Å². The third-order valence-electron chi connectivity index (χ3n) is 6.60. The van der Waals surface area contributed by atoms with E-state index in [1.54, 1.807) is 29.7 Å². The highest BCUT2D eigenvalue weighted by Gasteiger charge is 2.55. The van der Waals surface area contributed by atoms with Crippen molar-refractivity contribution in [2.24, 2.45) is 5.92 Å². The van der Waals surface area contributed by atoms with Crippen LogP contribution in [-0.2, 0) is 4.79 Å². The van der Waals surface area contributed by atoms with Gasteiger partial charge in [-0.2, -0.15) is 0 Å². The van der Waals surface area contributed by atoms with E-state index in [2.05, 4.69) is 5.32 Å². The smallest absolute Gasteiger partial charge is 0.323 e. The van der Waals surface area contributed by atoms with E-state index in [0.29, 0.717) is 23.4 Å². The van der Waals surface area contributed by atoms with Crippen molar-refractivity contribution in [3.63, 3.8) is 0 Å². The second kappa shape index (κ2) is 7.38. The number of amides is 3. The third-order valence-corrected chi connectivity index (χ3v) is 6.60. The molecule has 1 N–H and O–H groups in total. The SMILES string of the molecule is Cc1cc(C(=O)CN2C(=O)N[C@]3(CCCC[C@@H]3C)C2=O)c(C)n1-c1cccc(F)c1. The topological polar surface area (TPSA) is 71.4 Å². The van der Waals surface area contributed by atoms with Crippen LogP contribution in [0.2, 0.25) is 0 Å². The van der Waals surface area contributed by atoms with Crippen molar-refractivity contribution in [3.8, 4) is 5.69 Å². The Balaban J connectivity index is 1.60. The van der Waals surface area contributed by atoms with Crippen LogP contribution in [0.15, 0.2) is 30.3 Å². The predicted octanol–water partition coefficient (Wildman–Crippen LogP) is 3.92. The summed E-state index contributed by atoms with van der Waals surface area (Å²) in [6.07, 6.45) is 3.41. The quantitative estimate of drug-likeness (QED) is 0.612. The minimum atomic E-state index is -0.881. The maximum Gasteiger partial charge on any atom is 0.325 e. The Bertz CT molecular complexity index is 1040. The molecular weight excluding hydrogens is 385 g/mol. The fraction of sp³-hybridized carbons (Fsp3) is 0.435. The minimum Gasteiger partial charge on any atom is -0.323 e. The number of nitrogens with one attached hydrogen (secondary N) is 1. The molecular formula is C23H26FN3O3. The van der Waals surface area contributed by atoms with E-state index in [4.69, 9.17) is 0 Å². The lowest BCUT2D eigenvalue weighted by Gasteiger charge is -2.36. The number of rotatable bonds is 4. The lowest BCUT2D eigenvalue weighted by molar-refractivity contribution is -0.133. The lowest BCUT2D eigenvalue weighted by Crippen LogP contribution is -2.54. The predicted molar refractivity (Wildman–Crippen MR) is 110 cm³/mol. The lowest BCUT2D eigenvalue weighted by atomic mass is 9.73. The number of nitrogens with zero attached hydrogens (tertiary/aromatic N) is 2. The first-order valence-electron chi connectivity index (χ1n) is 10.4. The van der Waals surface area contributed by atoms with Crippen molar-refractivity contribution in [3.05, 3.63) is 53.1 Å². The van der Waals surface area contributed by atoms with Crippen molar-refractivity contribution in [1.82, 2.24) is 14.8 Å². The van der Waals surface area contributed by atoms with Crippen LogP contribution in [0.3, 0.4) is 0 Å². The maximum atomic E-state index is 13.7. The molecule has 30 heavy (non-hydrogen) atoms. The summed E-state index contributed by atoms with van der Waals surface area (Å²) >= 11 is 0. The number of aryl methyl sites for hydroxylation is 1. The van der Waals surface area contributed by atoms with E-state index in [9.17, 15) is 18.8 Å². The normalized spacial score (nSPS) is 23.9. The van der Waals surface area contributed by atoms with Gasteiger partial charge in [-0.1, -0.05) is 25.8 Å². The molecule has 2 heterocycles. The fourth-order valence-corrected chi connectivity index (χ4v) is 4.93. The Morgan fingerprint density at radius 1 is 1.23 bits per heavy atom. The number of aromatic nitrogens is 1. The van der Waals surface area contributed by atoms with Crippen molar-refractivity contribution in [2.75, 3.05) is 6.54 Å². The van der Waals surface area contributed by atoms with Crippen molar-refractivity contribution in [2.45, 2.75) is 52.0 Å². The maximum absolute atomic E-state index is 13.7. The van der Waals surface area contributed by atoms with Gasteiger partial charge in [-0.3, -0.25) is 14.5 Å². The first-order chi connectivity index (χ1) is 14.2. The summed E-state index contributed by atoms with van der Waals surface area (Å²) in [5, 5.41) is 2.88. The van der Waals surface area contributed by atoms with E-state index < -0.39 is 11.6 Å². The molecule has 0 unspecified atom stereocenters. The monoisotopic (exact) mass is 411 g/mol. The number of Topliss-reactive ketones (excluding diaryl/α,β-unsaturated/α-hetero) is 1. The molecule has 1 saturated heterocycles. The molecule has 0 radical (unpaired) electrons. The zero-order chi connectivity index (χ0) is 21.6. The van der Waals surface area contributed by atoms with Crippen molar-refractivity contribution in [1.29, 1.82) is 0 Å². The van der Waals surface area contributed by atoms with Gasteiger partial charge < -0.3 is 9.88 Å². The van der Waals surface area contributed by atoms with E-state index in [1.807, 2.05) is 13.8 Å². The van der Waals surface area contributed by atoms with Gasteiger partial charge in [-0.05, 0) is 56.9 Å². The van der Waals surface area contributed by atoms with Crippen molar-refractivity contribution < 1.29 is 18.8 Å². The second-order valence-electron chi connectivity index (χ2n) is 8.46. The first-order valence-corrected chi connectivity index (χ1v) is 10.4. The number of hydrogen-bond acceptors (Lipinski definition) is 3. The summed E-state index contributed by atoms with van der Waals surface area (Å²) in [7, 11) is 0. The Hall–Kier alpha value is -2.96. The van der Waals surface area contributed by atoms with Crippen LogP contribution in [0.1, 0.15) is 54.4 Å². The summed E-state index contributed by atoms with van der Waals surface area (Å²) in [5.41, 5.74) is 1.59. The molecule has 1 aromatic carbocycles. The van der Waals surface area contributed by atoms with Gasteiger partial charge in [-0.25, -0.2) is 9.18 Å². The molecule has 1 aromatic heterocycles. The molecule has 3 amide bonds. The van der Waals surface area contributed by atoms with Crippen LogP contribution in [-0.4, -0.2) is 39.3 Å². The van der Waals surface area contributed by atoms with Gasteiger partial charge in [0.15, 0.2) is 5.78 Å². The van der Waals surface area contributed by atoms with Gasteiger partial charge in [0.1, 0.15) is 11.4 Å². The number of urea groups is 1. The molecule has 4 rings (SSSR count). The zero-order valence-corrected chi connectivity index (χ0v) is 17.5. The number of halogens is 1. The Morgan fingerprint density at radius 3 is 2.70 bits per heavy atom. The van der Waals surface area contributed by atoms with E-state index in [0.717, 1.165) is 29.9 Å². The van der Waals surface area contributed by atoms with Crippen LogP contribution in [0.25, 0.3) is 5.69 Å². The number of carbonyl (C=O) groups excluding carboxylic acids is 3. The molecule has 2 aromatic rings. The summed E-state index contributed by atoms with van der Waals surface area (Å²) in [6, 6.07) is 7.37. The number of benzene rings is 1. The molecule has 2 atom stereocenters. The molecule has 1 aliphatic heterocycles. The largest absolute Gasteiger partial charge is 0.325 e. The van der Waals surface area contributed by atoms with E-state index >= 15 is 0 Å². The Morgan fingerprint density at radius 2 is 2.00 bits per heavy atom. The average Bonchev–Trinajstić information content (AvgIpc) is 3.12. The average molecular weight is 411 g/mol. The van der Waals surface area contributed by atoms with Gasteiger partial charge in [0, 0.05) is 22.6 Å². The standard InChI is InChI=1S/C23H26FN3O3/c1-14-7-4-5-10-23(14)21(29)26(22(30)25-23)13-20(28)19-11-15(2)27(16(19)3)18-9-6-8-17(24)12-18/h6,8-9,11-12,14H,4-5,7,10,13H2,1-3H3,(H,25,30)/t14-,23-/m0/s1. The van der Waals surface area contributed by atoms with Crippen LogP contribution in [0.5, 0.6) is 0 Å². The van der Waals surface area contributed by atoms with Crippen molar-refractivity contribution >= 4 is 17.7 Å². The molecule has 1 spiro atoms. The number of imide groups is 1. The van der Waals surface area contributed by atoms with E-state index in [1.165, 1.54) is 12.1 Å². The van der Waals surface area contributed by atoms with Crippen LogP contribution < -0.4 is 5.32 Å². The number of carbonyl (C=O) groups is 3. The highest BCUT2D eigenvalue weighted by Crippen LogP contribution is 2.38. The summed E-state index contributed by atoms with van der Waals surface area (Å²) < 4.78 is 15.5. The second-order valence-corrected chi connectivity index (χ2v) is 8.46. The Labute approximate surface area is 175 Å². The van der Waals surface area contributed by atoms with Gasteiger partial charge in [0.05, 0.1) is 6.54 Å². The summed E-state index contributed by atoms with van der Waals surface area (Å²) in [4.78, 5) is 39.8. The molecule has 0 bridgehead atoms. The zero-order valence-electron chi connectivity index (χ0n) is 17.5. The molecule has 2 aliphatic rings. The molecule has 7 heteroatoms. The number of ketones is 1. The summed E-state index contributed by atoms with van der Waals surface area (Å²) in [5.74, 6) is -0.929. The highest BCUT2D eigenvalue weighted by atomic mass is 19.1. The van der Waals surface area contributed by atoms with Crippen LogP contribution >= 0.6 is 0 Å². The molecule has 1 saturated carbocycles. The Kier molecular flexibility index (Phi) is 5.00. The molecule has 2 fully saturated rings. The molecule has 6 nitrogen and oxygen atoms in total. The highest BCUT2D eigenvalue weighted by molar-refractivity contribution is 6.11. The molecule has 158 valence electrons. The third kappa shape index (κ3) is 3.13. The van der Waals surface area contributed by atoms with Gasteiger partial charge in [0.25, 0.3) is 5.91 Å². The van der Waals surface area contributed by atoms with E-state index in [-0.39, 0.29) is 30.0 Å². The number of hydrogen-bond donors (Lipinski definition) is 1.